The SMILES string of the molecule is CC1(C)O[C@H]([C@H]2COC(=O)N2Cc2ccccc2)[C@@H](C=O)O1. The standard InChI is InChI=1S/C16H19NO5/c1-16(2)21-13(9-18)14(22-16)12-10-20-15(19)17(12)8-11-6-4-3-5-7-11/h3-7,9,12-14H,8,10H2,1-2H3/t12-,13-,14-/m1/s1. The minimum atomic E-state index is -0.847. The van der Waals surface area contributed by atoms with E-state index >= 15 is 0 Å². The van der Waals surface area contributed by atoms with Crippen LogP contribution >= 0.6 is 0 Å². The van der Waals surface area contributed by atoms with Crippen molar-refractivity contribution >= 4 is 12.4 Å². The third kappa shape index (κ3) is 2.84. The number of benzene rings is 1. The molecular formula is C16H19NO5. The lowest BCUT2D eigenvalue weighted by Gasteiger charge is -2.27. The monoisotopic (exact) mass is 305 g/mol. The molecular weight excluding hydrogens is 286 g/mol. The predicted molar refractivity (Wildman–Crippen MR) is 77.0 cm³/mol. The summed E-state index contributed by atoms with van der Waals surface area (Å²) in [5, 5.41) is 0. The lowest BCUT2D eigenvalue weighted by molar-refractivity contribution is -0.153. The first-order valence-electron chi connectivity index (χ1n) is 7.28. The van der Waals surface area contributed by atoms with E-state index in [-0.39, 0.29) is 12.6 Å². The van der Waals surface area contributed by atoms with E-state index in [0.717, 1.165) is 11.8 Å². The molecule has 2 fully saturated rings. The molecule has 22 heavy (non-hydrogen) atoms. The molecule has 0 aromatic heterocycles. The molecule has 3 atom stereocenters. The maximum absolute atomic E-state index is 12.0. The van der Waals surface area contributed by atoms with Crippen molar-refractivity contribution in [2.75, 3.05) is 6.61 Å². The molecule has 0 saturated carbocycles. The van der Waals surface area contributed by atoms with Gasteiger partial charge in [-0.05, 0) is 19.4 Å². The number of hydrogen-bond donors (Lipinski definition) is 0. The van der Waals surface area contributed by atoms with E-state index in [4.69, 9.17) is 14.2 Å². The third-order valence-corrected chi connectivity index (χ3v) is 3.89. The zero-order valence-electron chi connectivity index (χ0n) is 12.6. The summed E-state index contributed by atoms with van der Waals surface area (Å²) < 4.78 is 16.6. The van der Waals surface area contributed by atoms with Crippen LogP contribution in [0.2, 0.25) is 0 Å². The van der Waals surface area contributed by atoms with Gasteiger partial charge in [0.05, 0.1) is 6.04 Å². The summed E-state index contributed by atoms with van der Waals surface area (Å²) in [5.74, 6) is -0.847. The number of hydrogen-bond acceptors (Lipinski definition) is 5. The largest absolute Gasteiger partial charge is 0.447 e. The Bertz CT molecular complexity index is 559. The fraction of sp³-hybridized carbons (Fsp3) is 0.500. The van der Waals surface area contributed by atoms with Crippen molar-refractivity contribution in [1.82, 2.24) is 4.90 Å². The van der Waals surface area contributed by atoms with Crippen LogP contribution in [-0.2, 0) is 25.5 Å². The lowest BCUT2D eigenvalue weighted by Crippen LogP contribution is -2.46. The Morgan fingerprint density at radius 3 is 2.68 bits per heavy atom. The van der Waals surface area contributed by atoms with Gasteiger partial charge in [0.1, 0.15) is 18.8 Å². The average molecular weight is 305 g/mol. The zero-order chi connectivity index (χ0) is 15.7. The fourth-order valence-corrected chi connectivity index (χ4v) is 2.92. The van der Waals surface area contributed by atoms with E-state index in [0.29, 0.717) is 6.54 Å². The van der Waals surface area contributed by atoms with Gasteiger partial charge >= 0.3 is 6.09 Å². The quantitative estimate of drug-likeness (QED) is 0.793. The minimum absolute atomic E-state index is 0.195. The van der Waals surface area contributed by atoms with Crippen molar-refractivity contribution in [3.8, 4) is 0 Å². The van der Waals surface area contributed by atoms with E-state index in [1.165, 1.54) is 0 Å². The molecule has 1 aromatic rings. The highest BCUT2D eigenvalue weighted by Crippen LogP contribution is 2.33. The van der Waals surface area contributed by atoms with Gasteiger partial charge in [-0.3, -0.25) is 4.90 Å². The summed E-state index contributed by atoms with van der Waals surface area (Å²) in [6.45, 7) is 4.11. The van der Waals surface area contributed by atoms with Gasteiger partial charge in [-0.2, -0.15) is 0 Å². The second-order valence-corrected chi connectivity index (χ2v) is 5.96. The summed E-state index contributed by atoms with van der Waals surface area (Å²) in [6.07, 6.45) is -0.898. The maximum Gasteiger partial charge on any atom is 0.410 e. The van der Waals surface area contributed by atoms with Crippen molar-refractivity contribution in [2.45, 2.75) is 44.4 Å². The summed E-state index contributed by atoms with van der Waals surface area (Å²) in [4.78, 5) is 24.9. The van der Waals surface area contributed by atoms with E-state index in [2.05, 4.69) is 0 Å². The van der Waals surface area contributed by atoms with E-state index in [9.17, 15) is 9.59 Å². The third-order valence-electron chi connectivity index (χ3n) is 3.89. The molecule has 6 heteroatoms. The van der Waals surface area contributed by atoms with Crippen molar-refractivity contribution in [3.05, 3.63) is 35.9 Å². The van der Waals surface area contributed by atoms with Crippen molar-refractivity contribution < 1.29 is 23.8 Å². The van der Waals surface area contributed by atoms with Crippen LogP contribution in [0.4, 0.5) is 4.79 Å². The molecule has 0 spiro atoms. The van der Waals surface area contributed by atoms with Crippen LogP contribution in [0.1, 0.15) is 19.4 Å². The summed E-state index contributed by atoms with van der Waals surface area (Å²) in [5.41, 5.74) is 0.993. The first kappa shape index (κ1) is 15.0. The molecule has 1 aromatic carbocycles. The van der Waals surface area contributed by atoms with Crippen LogP contribution in [0, 0.1) is 0 Å². The van der Waals surface area contributed by atoms with Gasteiger partial charge in [-0.15, -0.1) is 0 Å². The predicted octanol–water partition coefficient (Wildman–Crippen LogP) is 1.73. The molecule has 2 heterocycles. The highest BCUT2D eigenvalue weighted by Gasteiger charge is 2.50. The highest BCUT2D eigenvalue weighted by atomic mass is 16.8. The molecule has 0 bridgehead atoms. The van der Waals surface area contributed by atoms with Crippen LogP contribution in [0.25, 0.3) is 0 Å². The molecule has 0 N–H and O–H groups in total. The van der Waals surface area contributed by atoms with Crippen LogP contribution in [0.5, 0.6) is 0 Å². The van der Waals surface area contributed by atoms with Crippen molar-refractivity contribution in [1.29, 1.82) is 0 Å². The molecule has 2 aliphatic rings. The Labute approximate surface area is 128 Å². The first-order chi connectivity index (χ1) is 10.5. The summed E-state index contributed by atoms with van der Waals surface area (Å²) in [7, 11) is 0. The van der Waals surface area contributed by atoms with Crippen molar-refractivity contribution in [2.24, 2.45) is 0 Å². The number of carbonyl (C=O) groups excluding carboxylic acids is 2. The Morgan fingerprint density at radius 2 is 2.00 bits per heavy atom. The normalized spacial score (nSPS) is 30.4. The zero-order valence-corrected chi connectivity index (χ0v) is 12.6. The van der Waals surface area contributed by atoms with Gasteiger partial charge in [-0.1, -0.05) is 30.3 Å². The number of rotatable bonds is 4. The first-order valence-corrected chi connectivity index (χ1v) is 7.28. The Morgan fingerprint density at radius 1 is 1.27 bits per heavy atom. The van der Waals surface area contributed by atoms with E-state index < -0.39 is 24.1 Å². The molecule has 6 nitrogen and oxygen atoms in total. The van der Waals surface area contributed by atoms with E-state index in [1.807, 2.05) is 30.3 Å². The minimum Gasteiger partial charge on any atom is -0.447 e. The van der Waals surface area contributed by atoms with Crippen molar-refractivity contribution in [3.63, 3.8) is 0 Å². The Balaban J connectivity index is 1.80. The number of aldehydes is 1. The molecule has 1 amide bonds. The van der Waals surface area contributed by atoms with Gasteiger partial charge in [-0.25, -0.2) is 4.79 Å². The second kappa shape index (κ2) is 5.70. The molecule has 0 unspecified atom stereocenters. The molecule has 2 saturated heterocycles. The number of ether oxygens (including phenoxy) is 3. The molecule has 0 radical (unpaired) electrons. The Hall–Kier alpha value is -1.92. The van der Waals surface area contributed by atoms with Crippen LogP contribution in [0.3, 0.4) is 0 Å². The van der Waals surface area contributed by atoms with Crippen LogP contribution < -0.4 is 0 Å². The lowest BCUT2D eigenvalue weighted by atomic mass is 10.1. The second-order valence-electron chi connectivity index (χ2n) is 5.96. The number of carbonyl (C=O) groups is 2. The van der Waals surface area contributed by atoms with Crippen LogP contribution in [-0.4, -0.2) is 47.9 Å². The molecule has 0 aliphatic carbocycles. The summed E-state index contributed by atoms with van der Waals surface area (Å²) >= 11 is 0. The maximum atomic E-state index is 12.0. The van der Waals surface area contributed by atoms with Crippen LogP contribution in [0.15, 0.2) is 30.3 Å². The van der Waals surface area contributed by atoms with Gasteiger partial charge in [0.2, 0.25) is 0 Å². The highest BCUT2D eigenvalue weighted by molar-refractivity contribution is 5.70. The van der Waals surface area contributed by atoms with Gasteiger partial charge < -0.3 is 19.0 Å². The fourth-order valence-electron chi connectivity index (χ4n) is 2.92. The number of nitrogens with zero attached hydrogens (tertiary/aromatic N) is 1. The molecule has 2 aliphatic heterocycles. The van der Waals surface area contributed by atoms with E-state index in [1.54, 1.807) is 18.7 Å². The van der Waals surface area contributed by atoms with Gasteiger partial charge in [0.15, 0.2) is 12.1 Å². The summed E-state index contributed by atoms with van der Waals surface area (Å²) in [6, 6.07) is 9.29. The average Bonchev–Trinajstić information content (AvgIpc) is 3.00. The van der Waals surface area contributed by atoms with Gasteiger partial charge in [0.25, 0.3) is 0 Å². The number of amides is 1. The number of cyclic esters (lactones) is 1. The topological polar surface area (TPSA) is 65.1 Å². The Kier molecular flexibility index (Phi) is 3.88. The molecule has 3 rings (SSSR count). The van der Waals surface area contributed by atoms with Gasteiger partial charge in [0, 0.05) is 6.54 Å². The molecule has 118 valence electrons. The smallest absolute Gasteiger partial charge is 0.410 e.